The number of carboxylic acids is 1. The molecule has 630 valence electrons. The molecule has 2 saturated heterocycles. The van der Waals surface area contributed by atoms with E-state index in [-0.39, 0.29) is 139 Å². The van der Waals surface area contributed by atoms with Gasteiger partial charge in [0.05, 0.1) is 54.0 Å². The van der Waals surface area contributed by atoms with Crippen LogP contribution in [0.2, 0.25) is 0 Å². The number of ether oxygens (including phenoxy) is 3. The van der Waals surface area contributed by atoms with Crippen LogP contribution in [0.3, 0.4) is 0 Å². The number of thioether (sulfide) groups is 1. The van der Waals surface area contributed by atoms with Gasteiger partial charge in [0.2, 0.25) is 35.4 Å². The number of nitrogens with one attached hydrogen (secondary N) is 3. The topological polar surface area (TPSA) is 371 Å². The molecule has 2 unspecified atom stereocenters. The smallest absolute Gasteiger partial charge is 0.410 e. The lowest BCUT2D eigenvalue weighted by Gasteiger charge is -2.41. The fourth-order valence-electron chi connectivity index (χ4n) is 15.0. The molecule has 112 heavy (non-hydrogen) atoms. The summed E-state index contributed by atoms with van der Waals surface area (Å²) in [5.41, 5.74) is 13.3. The largest absolute Gasteiger partial charge is 0.481 e. The quantitative estimate of drug-likeness (QED) is 0.0265. The zero-order chi connectivity index (χ0) is 83.7. The SMILES string of the molecule is CCC(=O)[C@H](CCCNC(N)=O)CC(=O)C(NC(=O)CCCCCN1C(=O)CC(SCCCCCC(=O)NCCCCCN)C1=O)C(C)C.CC[C@H](C)[C@@H]([C@@H](CC(=O)N1CCC[C@H]1[C@H](OC)[C@@H](C)C(=O)C[C@@H](Cc1ccccc1)C(=O)O)OC)N(C)C(=O)[C@@H](CC(=O)[C@H](C(C)C)N(C)C(=O)OCc1ccc(C)cc1)C(C)C. The first-order valence-electron chi connectivity index (χ1n) is 40.9. The van der Waals surface area contributed by atoms with Gasteiger partial charge < -0.3 is 61.4 Å². The van der Waals surface area contributed by atoms with E-state index in [2.05, 4.69) is 16.0 Å². The molecular weight excluding hydrogens is 1450 g/mol. The van der Waals surface area contributed by atoms with E-state index in [9.17, 15) is 67.4 Å². The van der Waals surface area contributed by atoms with E-state index in [1.54, 1.807) is 37.7 Å². The Morgan fingerprint density at radius 1 is 0.670 bits per heavy atom. The van der Waals surface area contributed by atoms with Gasteiger partial charge in [0.25, 0.3) is 0 Å². The number of hydrogen-bond donors (Lipinski definition) is 6. The van der Waals surface area contributed by atoms with Crippen molar-refractivity contribution in [2.75, 3.05) is 66.8 Å². The van der Waals surface area contributed by atoms with Gasteiger partial charge in [-0.2, -0.15) is 0 Å². The number of nitrogens with zero attached hydrogens (tertiary/aromatic N) is 4. The number of ketones is 4. The minimum Gasteiger partial charge on any atom is -0.481 e. The molecule has 2 aliphatic rings. The maximum absolute atomic E-state index is 14.6. The van der Waals surface area contributed by atoms with E-state index in [1.165, 1.54) is 35.8 Å². The number of benzene rings is 2. The van der Waals surface area contributed by atoms with E-state index in [0.29, 0.717) is 96.9 Å². The second-order valence-electron chi connectivity index (χ2n) is 31.5. The Kier molecular flexibility index (Phi) is 46.4. The molecular formula is C85H137N9O17S. The second-order valence-corrected chi connectivity index (χ2v) is 32.8. The molecule has 0 bridgehead atoms. The maximum Gasteiger partial charge on any atom is 0.410 e. The summed E-state index contributed by atoms with van der Waals surface area (Å²) in [7, 11) is 6.31. The Morgan fingerprint density at radius 2 is 1.30 bits per heavy atom. The standard InChI is InChI=1S/C50H75N3O10.C35H62N6O7S/c1-13-34(7)46(51(9)48(57)39(31(2)3)28-42(55)45(32(4)5)52(10)50(60)63-30-37-23-21-33(6)22-24-37)43(61-11)29-44(56)53-25-17-20-40(53)47(62-12)35(8)41(54)27-38(49(58)59)26-36-18-15-14-16-19-36;1-4-27(42)26(15-14-20-39-35(37)48)23-28(43)33(25(2)3)40-31(45)17-8-5-12-21-41-32(46)24-29(34(41)47)49-22-13-6-9-16-30(44)38-19-11-7-10-18-36/h14-16,18-19,21-24,31-32,34-35,38-40,43,45-47H,13,17,20,25-30H2,1-12H3,(H,58,59);25-26,29,33H,4-24,36H2,1-3H3,(H,38,44)(H,40,45)(H3,37,39,48)/t34-,35-,38+,39-,40-,43+,45-,46-,47+;26-,29?,33?/m01/s1. The molecule has 2 aromatic carbocycles. The Bertz CT molecular complexity index is 3290. The van der Waals surface area contributed by atoms with Crippen LogP contribution in [0.25, 0.3) is 0 Å². The van der Waals surface area contributed by atoms with E-state index in [1.807, 2.05) is 117 Å². The number of likely N-dealkylation sites (tertiary alicyclic amines) is 2. The average Bonchev–Trinajstić information content (AvgIpc) is 1.31. The van der Waals surface area contributed by atoms with Crippen molar-refractivity contribution >= 4 is 88.4 Å². The summed E-state index contributed by atoms with van der Waals surface area (Å²) < 4.78 is 17.6. The minimum absolute atomic E-state index is 0.0266. The number of likely N-dealkylation sites (N-methyl/N-ethyl adjacent to an activating group) is 2. The van der Waals surface area contributed by atoms with Crippen molar-refractivity contribution in [3.8, 4) is 0 Å². The molecule has 0 aliphatic carbocycles. The van der Waals surface area contributed by atoms with Gasteiger partial charge in [-0.25, -0.2) is 9.59 Å². The summed E-state index contributed by atoms with van der Waals surface area (Å²) in [5, 5.41) is 17.9. The molecule has 0 saturated carbocycles. The number of amides is 9. The third-order valence-corrected chi connectivity index (χ3v) is 23.1. The van der Waals surface area contributed by atoms with Gasteiger partial charge in [-0.05, 0) is 125 Å². The number of urea groups is 1. The molecule has 27 heteroatoms. The fourth-order valence-corrected chi connectivity index (χ4v) is 16.1. The number of nitrogens with two attached hydrogens (primary N) is 2. The average molecular weight is 1590 g/mol. The monoisotopic (exact) mass is 1590 g/mol. The third-order valence-electron chi connectivity index (χ3n) is 21.8. The summed E-state index contributed by atoms with van der Waals surface area (Å²) in [5.74, 6) is -5.38. The first-order valence-corrected chi connectivity index (χ1v) is 41.9. The highest BCUT2D eigenvalue weighted by atomic mass is 32.2. The number of imide groups is 1. The molecule has 2 heterocycles. The highest BCUT2D eigenvalue weighted by molar-refractivity contribution is 8.00. The number of methoxy groups -OCH3 is 2. The van der Waals surface area contributed by atoms with Crippen LogP contribution in [0.4, 0.5) is 9.59 Å². The molecule has 2 aliphatic heterocycles. The van der Waals surface area contributed by atoms with Gasteiger partial charge in [-0.1, -0.05) is 155 Å². The molecule has 2 fully saturated rings. The highest BCUT2D eigenvalue weighted by Crippen LogP contribution is 2.33. The lowest BCUT2D eigenvalue weighted by molar-refractivity contribution is -0.149. The number of aryl methyl sites for hydroxylation is 1. The zero-order valence-electron chi connectivity index (χ0n) is 69.9. The van der Waals surface area contributed by atoms with E-state index in [0.717, 1.165) is 61.0 Å². The van der Waals surface area contributed by atoms with E-state index >= 15 is 0 Å². The summed E-state index contributed by atoms with van der Waals surface area (Å²) in [6.07, 6.45) is 9.46. The predicted molar refractivity (Wildman–Crippen MR) is 435 cm³/mol. The summed E-state index contributed by atoms with van der Waals surface area (Å²) in [4.78, 5) is 175. The Morgan fingerprint density at radius 3 is 1.89 bits per heavy atom. The maximum atomic E-state index is 14.6. The van der Waals surface area contributed by atoms with Crippen molar-refractivity contribution in [3.63, 3.8) is 0 Å². The number of primary amides is 1. The van der Waals surface area contributed by atoms with Crippen molar-refractivity contribution in [2.24, 2.45) is 58.8 Å². The predicted octanol–water partition coefficient (Wildman–Crippen LogP) is 11.0. The molecule has 26 nitrogen and oxygen atoms in total. The number of carbonyl (C=O) groups excluding carboxylic acids is 12. The van der Waals surface area contributed by atoms with Crippen LogP contribution in [0, 0.1) is 54.3 Å². The molecule has 9 amide bonds. The van der Waals surface area contributed by atoms with Crippen LogP contribution in [-0.2, 0) is 80.0 Å². The van der Waals surface area contributed by atoms with Gasteiger partial charge in [0, 0.05) is 117 Å². The van der Waals surface area contributed by atoms with Gasteiger partial charge in [0.1, 0.15) is 18.2 Å². The van der Waals surface area contributed by atoms with E-state index < -0.39 is 78.1 Å². The fraction of sp³-hybridized carbons (Fsp3) is 0.706. The first kappa shape index (κ1) is 98.6. The van der Waals surface area contributed by atoms with Crippen LogP contribution >= 0.6 is 11.8 Å². The van der Waals surface area contributed by atoms with Crippen molar-refractivity contribution in [1.29, 1.82) is 0 Å². The van der Waals surface area contributed by atoms with Crippen LogP contribution in [0.1, 0.15) is 227 Å². The minimum atomic E-state index is -1.04. The second kappa shape index (κ2) is 52.7. The number of Topliss-reactive ketones (excluding diaryl/α,β-unsaturated/α-hetero) is 4. The number of carbonyl (C=O) groups is 13. The third kappa shape index (κ3) is 33.8. The number of rotatable bonds is 54. The summed E-state index contributed by atoms with van der Waals surface area (Å²) in [6.45, 7) is 23.3. The Hall–Kier alpha value is -7.62. The number of hydrogen-bond acceptors (Lipinski definition) is 18. The highest BCUT2D eigenvalue weighted by Gasteiger charge is 2.45. The summed E-state index contributed by atoms with van der Waals surface area (Å²) >= 11 is 1.51. The van der Waals surface area contributed by atoms with Crippen molar-refractivity contribution in [1.82, 2.24) is 35.6 Å². The molecule has 4 rings (SSSR count). The molecule has 2 aromatic rings. The van der Waals surface area contributed by atoms with Crippen molar-refractivity contribution < 1.29 is 81.6 Å². The number of aliphatic carboxylic acids is 1. The molecule has 8 N–H and O–H groups in total. The number of carboxylic acid groups (broad SMARTS) is 1. The first-order chi connectivity index (χ1) is 53.2. The molecule has 0 spiro atoms. The van der Waals surface area contributed by atoms with Crippen LogP contribution in [-0.4, -0.2) is 210 Å². The number of unbranched alkanes of at least 4 members (excludes halogenated alkanes) is 6. The van der Waals surface area contributed by atoms with Crippen LogP contribution in [0.15, 0.2) is 54.6 Å². The Balaban J connectivity index is 0.000000600. The van der Waals surface area contributed by atoms with Crippen molar-refractivity contribution in [2.45, 2.75) is 272 Å². The van der Waals surface area contributed by atoms with E-state index in [4.69, 9.17) is 25.7 Å². The van der Waals surface area contributed by atoms with Gasteiger partial charge in [-0.3, -0.25) is 57.6 Å². The molecule has 12 atom stereocenters. The lowest BCUT2D eigenvalue weighted by atomic mass is 9.83. The molecule has 0 radical (unpaired) electrons. The van der Waals surface area contributed by atoms with Gasteiger partial charge in [0.15, 0.2) is 11.6 Å². The van der Waals surface area contributed by atoms with Gasteiger partial charge >= 0.3 is 18.1 Å². The summed E-state index contributed by atoms with van der Waals surface area (Å²) in [6, 6.07) is 13.8. The van der Waals surface area contributed by atoms with Crippen molar-refractivity contribution in [3.05, 3.63) is 71.3 Å². The lowest BCUT2D eigenvalue weighted by Crippen LogP contribution is -2.54. The molecule has 0 aromatic heterocycles. The zero-order valence-corrected chi connectivity index (χ0v) is 70.7. The Labute approximate surface area is 671 Å². The van der Waals surface area contributed by atoms with Crippen LogP contribution < -0.4 is 27.4 Å². The normalized spacial score (nSPS) is 16.9. The van der Waals surface area contributed by atoms with Crippen LogP contribution in [0.5, 0.6) is 0 Å². The van der Waals surface area contributed by atoms with Gasteiger partial charge in [-0.15, -0.1) is 11.8 Å².